The van der Waals surface area contributed by atoms with Gasteiger partial charge in [0.15, 0.2) is 0 Å². The predicted octanol–water partition coefficient (Wildman–Crippen LogP) is 1.32. The van der Waals surface area contributed by atoms with E-state index >= 15 is 0 Å². The Morgan fingerprint density at radius 2 is 2.47 bits per heavy atom. The molecule has 2 saturated heterocycles. The van der Waals surface area contributed by atoms with Crippen LogP contribution >= 0.6 is 0 Å². The fraction of sp³-hybridized carbons (Fsp3) is 0.667. The maximum atomic E-state index is 5.41. The van der Waals surface area contributed by atoms with E-state index in [1.165, 1.54) is 19.6 Å². The molecule has 3 nitrogen and oxygen atoms in total. The van der Waals surface area contributed by atoms with Crippen LogP contribution in [0.25, 0.3) is 0 Å². The Balaban J connectivity index is 1.68. The Hall–Kier alpha value is -0.800. The Morgan fingerprint density at radius 1 is 1.53 bits per heavy atom. The molecule has 3 atom stereocenters. The average molecular weight is 206 g/mol. The summed E-state index contributed by atoms with van der Waals surface area (Å²) < 4.78 is 5.41. The van der Waals surface area contributed by atoms with Gasteiger partial charge in [-0.3, -0.25) is 4.90 Å². The number of nitrogens with one attached hydrogen (secondary N) is 1. The molecule has 2 aliphatic heterocycles. The highest BCUT2D eigenvalue weighted by molar-refractivity contribution is 5.02. The number of rotatable bonds is 2. The molecule has 0 spiro atoms. The topological polar surface area (TPSA) is 28.4 Å². The zero-order valence-electron chi connectivity index (χ0n) is 9.15. The second-order valence-corrected chi connectivity index (χ2v) is 4.83. The van der Waals surface area contributed by atoms with Gasteiger partial charge in [-0.05, 0) is 44.0 Å². The molecule has 0 amide bonds. The number of hydrogen-bond acceptors (Lipinski definition) is 3. The number of likely N-dealkylation sites (tertiary alicyclic amines) is 1. The van der Waals surface area contributed by atoms with Crippen LogP contribution in [0.1, 0.15) is 12.7 Å². The summed E-state index contributed by atoms with van der Waals surface area (Å²) in [7, 11) is 0. The molecule has 2 fully saturated rings. The SMILES string of the molecule is CC1C2CNCC2CN1Cc1ccco1. The van der Waals surface area contributed by atoms with Crippen molar-refractivity contribution in [2.45, 2.75) is 19.5 Å². The van der Waals surface area contributed by atoms with E-state index in [1.54, 1.807) is 6.26 Å². The predicted molar refractivity (Wildman–Crippen MR) is 58.4 cm³/mol. The van der Waals surface area contributed by atoms with Crippen molar-refractivity contribution in [1.29, 1.82) is 0 Å². The molecule has 82 valence electrons. The lowest BCUT2D eigenvalue weighted by molar-refractivity contribution is 0.214. The summed E-state index contributed by atoms with van der Waals surface area (Å²) in [6.45, 7) is 6.94. The van der Waals surface area contributed by atoms with Crippen LogP contribution in [0.4, 0.5) is 0 Å². The Bertz CT molecular complexity index is 322. The van der Waals surface area contributed by atoms with Crippen LogP contribution in [0.5, 0.6) is 0 Å². The number of nitrogens with zero attached hydrogens (tertiary/aromatic N) is 1. The monoisotopic (exact) mass is 206 g/mol. The summed E-state index contributed by atoms with van der Waals surface area (Å²) in [5.41, 5.74) is 0. The molecule has 3 heterocycles. The van der Waals surface area contributed by atoms with Crippen LogP contribution in [0.2, 0.25) is 0 Å². The Kier molecular flexibility index (Phi) is 2.29. The van der Waals surface area contributed by atoms with Crippen molar-refractivity contribution in [2.24, 2.45) is 11.8 Å². The van der Waals surface area contributed by atoms with Crippen molar-refractivity contribution < 1.29 is 4.42 Å². The van der Waals surface area contributed by atoms with Gasteiger partial charge in [0.05, 0.1) is 12.8 Å². The van der Waals surface area contributed by atoms with Gasteiger partial charge in [-0.25, -0.2) is 0 Å². The summed E-state index contributed by atoms with van der Waals surface area (Å²) in [5.74, 6) is 2.80. The van der Waals surface area contributed by atoms with Crippen LogP contribution in [0.15, 0.2) is 22.8 Å². The zero-order valence-corrected chi connectivity index (χ0v) is 9.15. The molecular formula is C12H18N2O. The fourth-order valence-corrected chi connectivity index (χ4v) is 3.07. The molecule has 3 rings (SSSR count). The molecule has 0 saturated carbocycles. The van der Waals surface area contributed by atoms with E-state index in [-0.39, 0.29) is 0 Å². The van der Waals surface area contributed by atoms with Gasteiger partial charge in [0, 0.05) is 12.6 Å². The highest BCUT2D eigenvalue weighted by Crippen LogP contribution is 2.33. The number of hydrogen-bond donors (Lipinski definition) is 1. The molecule has 0 bridgehead atoms. The van der Waals surface area contributed by atoms with Crippen molar-refractivity contribution in [1.82, 2.24) is 10.2 Å². The first kappa shape index (κ1) is 9.43. The fourth-order valence-electron chi connectivity index (χ4n) is 3.07. The van der Waals surface area contributed by atoms with Crippen molar-refractivity contribution in [3.63, 3.8) is 0 Å². The van der Waals surface area contributed by atoms with Crippen LogP contribution in [-0.4, -0.2) is 30.6 Å². The maximum absolute atomic E-state index is 5.41. The number of fused-ring (bicyclic) bond motifs is 1. The van der Waals surface area contributed by atoms with Crippen molar-refractivity contribution >= 4 is 0 Å². The minimum atomic E-state index is 0.690. The molecular weight excluding hydrogens is 188 g/mol. The lowest BCUT2D eigenvalue weighted by Gasteiger charge is -2.22. The van der Waals surface area contributed by atoms with Crippen LogP contribution in [0.3, 0.4) is 0 Å². The summed E-state index contributed by atoms with van der Waals surface area (Å²) >= 11 is 0. The van der Waals surface area contributed by atoms with Gasteiger partial charge in [-0.1, -0.05) is 0 Å². The third kappa shape index (κ3) is 1.60. The van der Waals surface area contributed by atoms with E-state index in [0.717, 1.165) is 24.1 Å². The molecule has 2 aliphatic rings. The first-order valence-electron chi connectivity index (χ1n) is 5.82. The Labute approximate surface area is 90.4 Å². The van der Waals surface area contributed by atoms with E-state index < -0.39 is 0 Å². The van der Waals surface area contributed by atoms with Gasteiger partial charge >= 0.3 is 0 Å². The molecule has 1 aromatic rings. The molecule has 1 N–H and O–H groups in total. The van der Waals surface area contributed by atoms with Gasteiger partial charge in [0.2, 0.25) is 0 Å². The Morgan fingerprint density at radius 3 is 3.20 bits per heavy atom. The summed E-state index contributed by atoms with van der Waals surface area (Å²) in [6, 6.07) is 4.73. The largest absolute Gasteiger partial charge is 0.468 e. The zero-order chi connectivity index (χ0) is 10.3. The van der Waals surface area contributed by atoms with E-state index in [9.17, 15) is 0 Å². The van der Waals surface area contributed by atoms with E-state index in [1.807, 2.05) is 6.07 Å². The highest BCUT2D eigenvalue weighted by atomic mass is 16.3. The van der Waals surface area contributed by atoms with Gasteiger partial charge in [0.25, 0.3) is 0 Å². The normalized spacial score (nSPS) is 35.9. The second-order valence-electron chi connectivity index (χ2n) is 4.83. The van der Waals surface area contributed by atoms with Gasteiger partial charge in [0.1, 0.15) is 5.76 Å². The highest BCUT2D eigenvalue weighted by Gasteiger charge is 2.41. The van der Waals surface area contributed by atoms with E-state index in [4.69, 9.17) is 4.42 Å². The molecule has 3 unspecified atom stereocenters. The summed E-state index contributed by atoms with van der Waals surface area (Å²) in [6.07, 6.45) is 1.76. The maximum Gasteiger partial charge on any atom is 0.117 e. The summed E-state index contributed by atoms with van der Waals surface area (Å²) in [5, 5.41) is 3.48. The van der Waals surface area contributed by atoms with Crippen molar-refractivity contribution in [2.75, 3.05) is 19.6 Å². The quantitative estimate of drug-likeness (QED) is 0.791. The molecule has 0 radical (unpaired) electrons. The van der Waals surface area contributed by atoms with Gasteiger partial charge in [-0.15, -0.1) is 0 Å². The van der Waals surface area contributed by atoms with Gasteiger partial charge < -0.3 is 9.73 Å². The number of furan rings is 1. The first-order chi connectivity index (χ1) is 7.34. The van der Waals surface area contributed by atoms with E-state index in [0.29, 0.717) is 6.04 Å². The standard InChI is InChI=1S/C12H18N2O/c1-9-12-6-13-5-10(12)7-14(9)8-11-3-2-4-15-11/h2-4,9-10,12-13H,5-8H2,1H3. The van der Waals surface area contributed by atoms with E-state index in [2.05, 4.69) is 23.2 Å². The van der Waals surface area contributed by atoms with Crippen molar-refractivity contribution in [3.8, 4) is 0 Å². The molecule has 1 aromatic heterocycles. The van der Waals surface area contributed by atoms with Crippen molar-refractivity contribution in [3.05, 3.63) is 24.2 Å². The lowest BCUT2D eigenvalue weighted by Crippen LogP contribution is -2.32. The third-order valence-electron chi connectivity index (χ3n) is 4.00. The molecule has 0 aliphatic carbocycles. The molecule has 3 heteroatoms. The lowest BCUT2D eigenvalue weighted by atomic mass is 9.95. The van der Waals surface area contributed by atoms with Gasteiger partial charge in [-0.2, -0.15) is 0 Å². The third-order valence-corrected chi connectivity index (χ3v) is 4.00. The molecule has 0 aromatic carbocycles. The smallest absolute Gasteiger partial charge is 0.117 e. The van der Waals surface area contributed by atoms with Crippen LogP contribution < -0.4 is 5.32 Å². The average Bonchev–Trinajstić information content (AvgIpc) is 2.89. The summed E-state index contributed by atoms with van der Waals surface area (Å²) in [4.78, 5) is 2.55. The second kappa shape index (κ2) is 3.65. The minimum Gasteiger partial charge on any atom is -0.468 e. The van der Waals surface area contributed by atoms with Crippen LogP contribution in [0, 0.1) is 11.8 Å². The molecule has 15 heavy (non-hydrogen) atoms. The van der Waals surface area contributed by atoms with Crippen LogP contribution in [-0.2, 0) is 6.54 Å². The minimum absolute atomic E-state index is 0.690. The first-order valence-corrected chi connectivity index (χ1v) is 5.82.